The Kier molecular flexibility index (Phi) is 9.66. The molecule has 0 spiro atoms. The lowest BCUT2D eigenvalue weighted by atomic mass is 10.2. The predicted molar refractivity (Wildman–Crippen MR) is 114 cm³/mol. The summed E-state index contributed by atoms with van der Waals surface area (Å²) < 4.78 is 9.79. The van der Waals surface area contributed by atoms with E-state index in [0.29, 0.717) is 0 Å². The topological polar surface area (TPSA) is 208 Å². The maximum Gasteiger partial charge on any atom is 0.371 e. The summed E-state index contributed by atoms with van der Waals surface area (Å²) in [5, 5.41) is 54.0. The van der Waals surface area contributed by atoms with Crippen molar-refractivity contribution in [1.29, 1.82) is 0 Å². The molecule has 0 saturated heterocycles. The van der Waals surface area contributed by atoms with Gasteiger partial charge < -0.3 is 40.1 Å². The number of phenols is 2. The summed E-state index contributed by atoms with van der Waals surface area (Å²) in [6.07, 6.45) is 2.38. The van der Waals surface area contributed by atoms with Gasteiger partial charge in [-0.1, -0.05) is 12.1 Å². The molecule has 0 radical (unpaired) electrons. The molecular weight excluding hydrogens is 456 g/mol. The van der Waals surface area contributed by atoms with Crippen molar-refractivity contribution in [3.63, 3.8) is 0 Å². The van der Waals surface area contributed by atoms with Gasteiger partial charge in [0.15, 0.2) is 23.0 Å². The van der Waals surface area contributed by atoms with Crippen molar-refractivity contribution < 1.29 is 59.3 Å². The number of carbonyl (C=O) groups is 4. The molecule has 0 unspecified atom stereocenters. The largest absolute Gasteiger partial charge is 0.504 e. The second-order valence-electron chi connectivity index (χ2n) is 6.04. The van der Waals surface area contributed by atoms with Crippen molar-refractivity contribution in [2.75, 3.05) is 0 Å². The molecule has 2 rings (SSSR count). The van der Waals surface area contributed by atoms with E-state index in [1.165, 1.54) is 62.4 Å². The van der Waals surface area contributed by atoms with E-state index in [2.05, 4.69) is 0 Å². The standard InChI is InChI=1S/2C11H10O6/c2*1-2-7(11(15)16)17-8-5-3-4-6(9(8)12)10(13)14/h2*2-5,12H,1H3,(H,13,14)(H,15,16)/b7-2+;7-2-. The number of hydrogen-bond acceptors (Lipinski definition) is 8. The lowest BCUT2D eigenvalue weighted by Gasteiger charge is -2.08. The van der Waals surface area contributed by atoms with E-state index in [1.54, 1.807) is 0 Å². The first-order valence-corrected chi connectivity index (χ1v) is 9.19. The van der Waals surface area contributed by atoms with Crippen LogP contribution in [0.4, 0.5) is 0 Å². The quantitative estimate of drug-likeness (QED) is 0.240. The zero-order valence-electron chi connectivity index (χ0n) is 17.8. The molecule has 0 heterocycles. The number of aromatic carboxylic acids is 2. The van der Waals surface area contributed by atoms with Crippen LogP contribution in [-0.2, 0) is 9.59 Å². The van der Waals surface area contributed by atoms with Crippen LogP contribution in [0.3, 0.4) is 0 Å². The van der Waals surface area contributed by atoms with Crippen molar-refractivity contribution in [2.45, 2.75) is 13.8 Å². The lowest BCUT2D eigenvalue weighted by molar-refractivity contribution is -0.136. The number of hydrogen-bond donors (Lipinski definition) is 6. The Morgan fingerprint density at radius 2 is 0.971 bits per heavy atom. The summed E-state index contributed by atoms with van der Waals surface area (Å²) in [6.45, 7) is 2.89. The molecule has 0 aromatic heterocycles. The van der Waals surface area contributed by atoms with E-state index in [4.69, 9.17) is 29.9 Å². The number of carboxylic acids is 4. The zero-order chi connectivity index (χ0) is 26.0. The molecule has 2 aromatic carbocycles. The van der Waals surface area contributed by atoms with Crippen LogP contribution in [0, 0.1) is 0 Å². The second kappa shape index (κ2) is 12.1. The molecule has 6 N–H and O–H groups in total. The van der Waals surface area contributed by atoms with Crippen LogP contribution in [0.15, 0.2) is 60.1 Å². The first kappa shape index (κ1) is 27.0. The van der Waals surface area contributed by atoms with E-state index in [0.717, 1.165) is 0 Å². The van der Waals surface area contributed by atoms with Crippen molar-refractivity contribution >= 4 is 23.9 Å². The van der Waals surface area contributed by atoms with Crippen LogP contribution in [0.1, 0.15) is 34.6 Å². The normalized spacial score (nSPS) is 11.0. The average Bonchev–Trinajstić information content (AvgIpc) is 2.77. The van der Waals surface area contributed by atoms with E-state index < -0.39 is 46.9 Å². The van der Waals surface area contributed by atoms with Gasteiger partial charge in [-0.05, 0) is 50.3 Å². The van der Waals surface area contributed by atoms with E-state index >= 15 is 0 Å². The lowest BCUT2D eigenvalue weighted by Crippen LogP contribution is -2.08. The third-order valence-electron chi connectivity index (χ3n) is 3.84. The highest BCUT2D eigenvalue weighted by molar-refractivity contribution is 5.93. The van der Waals surface area contributed by atoms with Gasteiger partial charge in [0.2, 0.25) is 11.5 Å². The first-order chi connectivity index (χ1) is 15.9. The molecule has 0 atom stereocenters. The number of aliphatic carboxylic acids is 2. The van der Waals surface area contributed by atoms with Crippen LogP contribution in [0.25, 0.3) is 0 Å². The van der Waals surface area contributed by atoms with Gasteiger partial charge in [-0.15, -0.1) is 0 Å². The summed E-state index contributed by atoms with van der Waals surface area (Å²) in [5.74, 6) is -7.75. The third-order valence-corrected chi connectivity index (χ3v) is 3.84. The molecular formula is C22H20O12. The Hall–Kier alpha value is -5.00. The summed E-state index contributed by atoms with van der Waals surface area (Å²) >= 11 is 0. The monoisotopic (exact) mass is 476 g/mol. The van der Waals surface area contributed by atoms with Gasteiger partial charge in [-0.2, -0.15) is 0 Å². The van der Waals surface area contributed by atoms with Gasteiger partial charge in [0, 0.05) is 0 Å². The Bertz CT molecular complexity index is 1070. The number of allylic oxidation sites excluding steroid dienone is 2. The van der Waals surface area contributed by atoms with Crippen LogP contribution in [0.2, 0.25) is 0 Å². The predicted octanol–water partition coefficient (Wildman–Crippen LogP) is 2.92. The molecule has 0 aliphatic heterocycles. The van der Waals surface area contributed by atoms with Crippen LogP contribution in [0.5, 0.6) is 23.0 Å². The second-order valence-corrected chi connectivity index (χ2v) is 6.04. The van der Waals surface area contributed by atoms with E-state index in [1.807, 2.05) is 0 Å². The molecule has 0 bridgehead atoms. The fourth-order valence-electron chi connectivity index (χ4n) is 2.24. The molecule has 12 nitrogen and oxygen atoms in total. The highest BCUT2D eigenvalue weighted by Crippen LogP contribution is 2.32. The maximum atomic E-state index is 10.7. The molecule has 0 fully saturated rings. The number of carboxylic acid groups (broad SMARTS) is 4. The van der Waals surface area contributed by atoms with E-state index in [-0.39, 0.29) is 22.6 Å². The van der Waals surface area contributed by atoms with Gasteiger partial charge in [-0.25, -0.2) is 19.2 Å². The Morgan fingerprint density at radius 3 is 1.21 bits per heavy atom. The van der Waals surface area contributed by atoms with Gasteiger partial charge in [0.1, 0.15) is 11.1 Å². The zero-order valence-corrected chi connectivity index (χ0v) is 17.8. The summed E-state index contributed by atoms with van der Waals surface area (Å²) in [6, 6.07) is 7.59. The Labute approximate surface area is 191 Å². The molecule has 0 amide bonds. The molecule has 0 aliphatic carbocycles. The highest BCUT2D eigenvalue weighted by Gasteiger charge is 2.18. The Balaban J connectivity index is 0.000000340. The van der Waals surface area contributed by atoms with Gasteiger partial charge in [0.05, 0.1) is 0 Å². The van der Waals surface area contributed by atoms with Gasteiger partial charge in [-0.3, -0.25) is 0 Å². The first-order valence-electron chi connectivity index (χ1n) is 9.19. The number of benzene rings is 2. The molecule has 0 aliphatic rings. The van der Waals surface area contributed by atoms with Crippen LogP contribution >= 0.6 is 0 Å². The molecule has 12 heteroatoms. The summed E-state index contributed by atoms with van der Waals surface area (Å²) in [5.41, 5.74) is -0.716. The van der Waals surface area contributed by atoms with Gasteiger partial charge in [0.25, 0.3) is 0 Å². The average molecular weight is 476 g/mol. The molecule has 180 valence electrons. The highest BCUT2D eigenvalue weighted by atomic mass is 16.5. The van der Waals surface area contributed by atoms with Crippen LogP contribution < -0.4 is 9.47 Å². The third kappa shape index (κ3) is 7.02. The van der Waals surface area contributed by atoms with Gasteiger partial charge >= 0.3 is 23.9 Å². The van der Waals surface area contributed by atoms with E-state index in [9.17, 15) is 29.4 Å². The SMILES string of the molecule is C/C=C(/Oc1cccc(C(=O)O)c1O)C(=O)O.C/C=C(\Oc1cccc(C(=O)O)c1O)C(=O)O. The number of aromatic hydroxyl groups is 2. The summed E-state index contributed by atoms with van der Waals surface area (Å²) in [7, 11) is 0. The fraction of sp³-hybridized carbons (Fsp3) is 0.0909. The Morgan fingerprint density at radius 1 is 0.647 bits per heavy atom. The number of rotatable bonds is 8. The molecule has 0 saturated carbocycles. The van der Waals surface area contributed by atoms with Crippen molar-refractivity contribution in [1.82, 2.24) is 0 Å². The minimum absolute atomic E-state index is 0.222. The minimum atomic E-state index is -1.33. The van der Waals surface area contributed by atoms with Crippen molar-refractivity contribution in [3.05, 3.63) is 71.2 Å². The summed E-state index contributed by atoms with van der Waals surface area (Å²) in [4.78, 5) is 42.8. The molecule has 34 heavy (non-hydrogen) atoms. The number of ether oxygens (including phenoxy) is 2. The minimum Gasteiger partial charge on any atom is -0.504 e. The van der Waals surface area contributed by atoms with Crippen molar-refractivity contribution in [2.24, 2.45) is 0 Å². The van der Waals surface area contributed by atoms with Crippen molar-refractivity contribution in [3.8, 4) is 23.0 Å². The maximum absolute atomic E-state index is 10.7. The smallest absolute Gasteiger partial charge is 0.371 e. The van der Waals surface area contributed by atoms with Crippen LogP contribution in [-0.4, -0.2) is 54.5 Å². The number of para-hydroxylation sites is 2. The fourth-order valence-corrected chi connectivity index (χ4v) is 2.24. The molecule has 2 aromatic rings.